The fourth-order valence-corrected chi connectivity index (χ4v) is 6.27. The molecule has 0 unspecified atom stereocenters. The Morgan fingerprint density at radius 1 is 1.09 bits per heavy atom. The second-order valence-corrected chi connectivity index (χ2v) is 11.1. The summed E-state index contributed by atoms with van der Waals surface area (Å²) in [5, 5.41) is 16.3. The molecule has 0 saturated heterocycles. The number of nitro benzene ring substituents is 1. The molecule has 1 aliphatic rings. The molecule has 0 fully saturated rings. The van der Waals surface area contributed by atoms with Crippen molar-refractivity contribution >= 4 is 29.1 Å². The van der Waals surface area contributed by atoms with Crippen LogP contribution in [0.1, 0.15) is 31.0 Å². The summed E-state index contributed by atoms with van der Waals surface area (Å²) in [6, 6.07) is 22.0. The van der Waals surface area contributed by atoms with Gasteiger partial charge in [-0.15, -0.1) is 0 Å². The van der Waals surface area contributed by atoms with Gasteiger partial charge in [0.15, 0.2) is 4.80 Å². The van der Waals surface area contributed by atoms with E-state index in [9.17, 15) is 19.7 Å². The van der Waals surface area contributed by atoms with Crippen molar-refractivity contribution in [3.8, 4) is 22.7 Å². The second-order valence-electron chi connectivity index (χ2n) is 10.1. The van der Waals surface area contributed by atoms with Gasteiger partial charge >= 0.3 is 5.97 Å². The van der Waals surface area contributed by atoms with Crippen molar-refractivity contribution in [1.82, 2.24) is 14.3 Å². The van der Waals surface area contributed by atoms with E-state index >= 15 is 0 Å². The summed E-state index contributed by atoms with van der Waals surface area (Å²) in [6.07, 6.45) is 3.48. The Kier molecular flexibility index (Phi) is 7.97. The van der Waals surface area contributed by atoms with Crippen LogP contribution in [0.2, 0.25) is 0 Å². The molecule has 1 aliphatic heterocycles. The number of allylic oxidation sites excluding steroid dienone is 1. The maximum atomic E-state index is 14.2. The minimum absolute atomic E-state index is 0.0754. The van der Waals surface area contributed by atoms with Gasteiger partial charge in [0, 0.05) is 29.5 Å². The number of benzene rings is 3. The lowest BCUT2D eigenvalue weighted by molar-refractivity contribution is -0.384. The van der Waals surface area contributed by atoms with Gasteiger partial charge in [0.05, 0.1) is 46.2 Å². The number of carbonyl (C=O) groups excluding carboxylic acids is 1. The monoisotopic (exact) mass is 621 g/mol. The summed E-state index contributed by atoms with van der Waals surface area (Å²) < 4.78 is 14.2. The lowest BCUT2D eigenvalue weighted by Gasteiger charge is -2.24. The number of carbonyl (C=O) groups is 1. The second kappa shape index (κ2) is 12.2. The molecule has 2 aromatic heterocycles. The Hall–Kier alpha value is -5.62. The van der Waals surface area contributed by atoms with E-state index in [0.29, 0.717) is 43.2 Å². The normalized spacial score (nSPS) is 14.6. The molecule has 12 heteroatoms. The molecule has 6 rings (SSSR count). The Labute approximate surface area is 260 Å². The molecule has 0 N–H and O–H groups in total. The highest BCUT2D eigenvalue weighted by Gasteiger charge is 2.33. The lowest BCUT2D eigenvalue weighted by Crippen LogP contribution is -2.39. The molecule has 45 heavy (non-hydrogen) atoms. The molecule has 0 aliphatic carbocycles. The minimum atomic E-state index is -0.781. The number of aromatic nitrogens is 3. The van der Waals surface area contributed by atoms with Crippen molar-refractivity contribution in [2.45, 2.75) is 19.9 Å². The van der Waals surface area contributed by atoms with Crippen LogP contribution in [0, 0.1) is 10.1 Å². The van der Waals surface area contributed by atoms with Crippen molar-refractivity contribution in [2.75, 3.05) is 13.7 Å². The van der Waals surface area contributed by atoms with Gasteiger partial charge in [0.2, 0.25) is 0 Å². The molecular formula is C33H27N5O6S. The van der Waals surface area contributed by atoms with Crippen LogP contribution in [-0.2, 0) is 9.53 Å². The highest BCUT2D eigenvalue weighted by atomic mass is 32.1. The molecule has 3 heterocycles. The highest BCUT2D eigenvalue weighted by molar-refractivity contribution is 7.07. The van der Waals surface area contributed by atoms with Crippen LogP contribution in [0.5, 0.6) is 5.75 Å². The van der Waals surface area contributed by atoms with Crippen molar-refractivity contribution < 1.29 is 19.2 Å². The standard InChI is InChI=1S/C33H27N5O6S/c1-4-44-32(40)28-20(2)34-33-37(30(28)21-13-15-26(43-3)16-14-21)31(39)27(45-33)18-23-19-36(24-10-6-5-7-11-24)35-29(23)22-9-8-12-25(17-22)38(41)42/h5-19,30H,4H2,1-3H3/b27-18-/t30-/m0/s1. The third-order valence-corrected chi connectivity index (χ3v) is 8.31. The van der Waals surface area contributed by atoms with Crippen LogP contribution < -0.4 is 19.6 Å². The van der Waals surface area contributed by atoms with E-state index in [-0.39, 0.29) is 23.4 Å². The van der Waals surface area contributed by atoms with E-state index in [1.165, 1.54) is 28.0 Å². The lowest BCUT2D eigenvalue weighted by atomic mass is 9.96. The molecule has 226 valence electrons. The van der Waals surface area contributed by atoms with E-state index < -0.39 is 16.9 Å². The van der Waals surface area contributed by atoms with Gasteiger partial charge < -0.3 is 9.47 Å². The number of non-ortho nitro benzene ring substituents is 1. The third kappa shape index (κ3) is 5.58. The molecule has 0 bridgehead atoms. The number of nitrogens with zero attached hydrogens (tertiary/aromatic N) is 5. The SMILES string of the molecule is CCOC(=O)C1=C(C)N=c2s/c(=C\c3cn(-c4ccccc4)nc3-c3cccc([N+](=O)[O-])c3)c(=O)n2[C@H]1c1ccc(OC)cc1. The predicted octanol–water partition coefficient (Wildman–Crippen LogP) is 4.57. The third-order valence-electron chi connectivity index (χ3n) is 7.33. The van der Waals surface area contributed by atoms with Crippen LogP contribution >= 0.6 is 11.3 Å². The highest BCUT2D eigenvalue weighted by Crippen LogP contribution is 2.32. The number of para-hydroxylation sites is 1. The predicted molar refractivity (Wildman–Crippen MR) is 169 cm³/mol. The first-order chi connectivity index (χ1) is 21.8. The fourth-order valence-electron chi connectivity index (χ4n) is 5.23. The number of esters is 1. The quantitative estimate of drug-likeness (QED) is 0.141. The summed E-state index contributed by atoms with van der Waals surface area (Å²) in [5.74, 6) is 0.0830. The zero-order chi connectivity index (χ0) is 31.7. The number of rotatable bonds is 8. The van der Waals surface area contributed by atoms with E-state index in [2.05, 4.69) is 4.99 Å². The number of hydrogen-bond donors (Lipinski definition) is 0. The average molecular weight is 622 g/mol. The number of hydrogen-bond acceptors (Lipinski definition) is 9. The Morgan fingerprint density at radius 2 is 1.84 bits per heavy atom. The number of methoxy groups -OCH3 is 1. The summed E-state index contributed by atoms with van der Waals surface area (Å²) in [6.45, 7) is 3.62. The van der Waals surface area contributed by atoms with E-state index in [1.54, 1.807) is 62.2 Å². The molecule has 5 aromatic rings. The van der Waals surface area contributed by atoms with Gasteiger partial charge in [0.1, 0.15) is 11.4 Å². The maximum absolute atomic E-state index is 14.2. The van der Waals surface area contributed by atoms with Gasteiger partial charge in [0.25, 0.3) is 11.2 Å². The topological polar surface area (TPSA) is 131 Å². The van der Waals surface area contributed by atoms with Crippen molar-refractivity contribution in [3.05, 3.63) is 137 Å². The zero-order valence-corrected chi connectivity index (χ0v) is 25.4. The van der Waals surface area contributed by atoms with Gasteiger partial charge in [-0.05, 0) is 49.8 Å². The van der Waals surface area contributed by atoms with E-state index in [1.807, 2.05) is 42.5 Å². The molecule has 0 spiro atoms. The summed E-state index contributed by atoms with van der Waals surface area (Å²) in [7, 11) is 1.56. The van der Waals surface area contributed by atoms with Gasteiger partial charge in [-0.2, -0.15) is 5.10 Å². The van der Waals surface area contributed by atoms with Crippen LogP contribution in [-0.4, -0.2) is 39.0 Å². The molecule has 0 amide bonds. The van der Waals surface area contributed by atoms with E-state index in [0.717, 1.165) is 5.69 Å². The van der Waals surface area contributed by atoms with Gasteiger partial charge in [-0.3, -0.25) is 19.5 Å². The first kappa shape index (κ1) is 29.5. The van der Waals surface area contributed by atoms with Crippen molar-refractivity contribution in [2.24, 2.45) is 4.99 Å². The smallest absolute Gasteiger partial charge is 0.338 e. The number of thiazole rings is 1. The van der Waals surface area contributed by atoms with E-state index in [4.69, 9.17) is 14.6 Å². The average Bonchev–Trinajstić information content (AvgIpc) is 3.61. The molecule has 3 aromatic carbocycles. The number of ether oxygens (including phenoxy) is 2. The van der Waals surface area contributed by atoms with Gasteiger partial charge in [-0.1, -0.05) is 53.8 Å². The minimum Gasteiger partial charge on any atom is -0.497 e. The first-order valence-electron chi connectivity index (χ1n) is 14.0. The van der Waals surface area contributed by atoms with Crippen LogP contribution in [0.25, 0.3) is 23.0 Å². The zero-order valence-electron chi connectivity index (χ0n) is 24.5. The van der Waals surface area contributed by atoms with Crippen LogP contribution in [0.4, 0.5) is 5.69 Å². The van der Waals surface area contributed by atoms with Crippen molar-refractivity contribution in [1.29, 1.82) is 0 Å². The molecule has 1 atom stereocenters. The largest absolute Gasteiger partial charge is 0.497 e. The Morgan fingerprint density at radius 3 is 2.53 bits per heavy atom. The molecular weight excluding hydrogens is 594 g/mol. The van der Waals surface area contributed by atoms with Crippen LogP contribution in [0.3, 0.4) is 0 Å². The first-order valence-corrected chi connectivity index (χ1v) is 14.8. The Balaban J connectivity index is 1.56. The number of fused-ring (bicyclic) bond motifs is 1. The van der Waals surface area contributed by atoms with Crippen LogP contribution in [0.15, 0.2) is 106 Å². The molecule has 0 saturated carbocycles. The van der Waals surface area contributed by atoms with Gasteiger partial charge in [-0.25, -0.2) is 14.5 Å². The summed E-state index contributed by atoms with van der Waals surface area (Å²) in [5.41, 5.74) is 3.32. The molecule has 0 radical (unpaired) electrons. The fraction of sp³-hybridized carbons (Fsp3) is 0.152. The molecule has 11 nitrogen and oxygen atoms in total. The summed E-state index contributed by atoms with van der Waals surface area (Å²) >= 11 is 1.18. The maximum Gasteiger partial charge on any atom is 0.338 e. The number of nitro groups is 1. The summed E-state index contributed by atoms with van der Waals surface area (Å²) in [4.78, 5) is 43.6. The van der Waals surface area contributed by atoms with Crippen molar-refractivity contribution in [3.63, 3.8) is 0 Å². The Bertz CT molecular complexity index is 2150.